The van der Waals surface area contributed by atoms with E-state index in [4.69, 9.17) is 15.0 Å². The molecule has 1 amide bonds. The molecule has 0 bridgehead atoms. The van der Waals surface area contributed by atoms with Gasteiger partial charge in [0.1, 0.15) is 0 Å². The molecule has 0 radical (unpaired) electrons. The van der Waals surface area contributed by atoms with Gasteiger partial charge in [0.2, 0.25) is 20.0 Å². The van der Waals surface area contributed by atoms with Crippen LogP contribution < -0.4 is 15.2 Å². The summed E-state index contributed by atoms with van der Waals surface area (Å²) in [6, 6.07) is 11.1. The van der Waals surface area contributed by atoms with Gasteiger partial charge in [0.15, 0.2) is 0 Å². The summed E-state index contributed by atoms with van der Waals surface area (Å²) < 4.78 is 51.3. The van der Waals surface area contributed by atoms with Crippen LogP contribution in [0.15, 0.2) is 58.3 Å². The first-order valence-electron chi connectivity index (χ1n) is 9.21. The van der Waals surface area contributed by atoms with Gasteiger partial charge in [-0.15, -0.1) is 0 Å². The van der Waals surface area contributed by atoms with E-state index in [2.05, 4.69) is 0 Å². The third kappa shape index (κ3) is 5.43. The van der Waals surface area contributed by atoms with Crippen LogP contribution in [0.5, 0.6) is 0 Å². The van der Waals surface area contributed by atoms with Crippen LogP contribution in [0.2, 0.25) is 0 Å². The number of nitrogens with two attached hydrogens (primary N) is 2. The quantitative estimate of drug-likeness (QED) is 0.667. The van der Waals surface area contributed by atoms with Crippen LogP contribution in [0, 0.1) is 5.92 Å². The number of hydrogen-bond donors (Lipinski definition) is 2. The Morgan fingerprint density at radius 3 is 1.80 bits per heavy atom. The van der Waals surface area contributed by atoms with E-state index in [1.54, 1.807) is 4.90 Å². The molecule has 0 aromatic heterocycles. The Morgan fingerprint density at radius 1 is 0.867 bits per heavy atom. The van der Waals surface area contributed by atoms with Gasteiger partial charge in [-0.2, -0.15) is 0 Å². The first kappa shape index (κ1) is 22.4. The van der Waals surface area contributed by atoms with E-state index in [9.17, 15) is 21.6 Å². The lowest BCUT2D eigenvalue weighted by molar-refractivity contribution is 0.0668. The maximum absolute atomic E-state index is 13.2. The van der Waals surface area contributed by atoms with Crippen LogP contribution in [0.4, 0.5) is 5.69 Å². The molecule has 2 aromatic rings. The second-order valence-electron chi connectivity index (χ2n) is 7.08. The van der Waals surface area contributed by atoms with E-state index >= 15 is 0 Å². The summed E-state index contributed by atoms with van der Waals surface area (Å²) in [6.07, 6.45) is 1.59. The van der Waals surface area contributed by atoms with Gasteiger partial charge in [-0.25, -0.2) is 27.1 Å². The molecule has 2 aromatic carbocycles. The Balaban J connectivity index is 1.93. The van der Waals surface area contributed by atoms with Crippen molar-refractivity contribution in [3.8, 4) is 0 Å². The number of ether oxygens (including phenoxy) is 1. The molecule has 0 spiro atoms. The lowest BCUT2D eigenvalue weighted by Gasteiger charge is -2.30. The minimum absolute atomic E-state index is 0.0535. The first-order valence-corrected chi connectivity index (χ1v) is 12.3. The van der Waals surface area contributed by atoms with Crippen LogP contribution in [0.25, 0.3) is 0 Å². The molecule has 1 aliphatic rings. The van der Waals surface area contributed by atoms with Crippen molar-refractivity contribution in [1.29, 1.82) is 0 Å². The highest BCUT2D eigenvalue weighted by Gasteiger charge is 2.24. The number of rotatable bonds is 6. The zero-order valence-corrected chi connectivity index (χ0v) is 17.7. The molecule has 4 N–H and O–H groups in total. The predicted octanol–water partition coefficient (Wildman–Crippen LogP) is 1.05. The number of carbonyl (C=O) groups excluding carboxylic acids is 1. The van der Waals surface area contributed by atoms with Crippen LogP contribution in [-0.4, -0.2) is 42.5 Å². The van der Waals surface area contributed by atoms with Gasteiger partial charge < -0.3 is 9.64 Å². The van der Waals surface area contributed by atoms with Crippen LogP contribution >= 0.6 is 0 Å². The number of carbonyl (C=O) groups is 1. The minimum atomic E-state index is -3.87. The summed E-state index contributed by atoms with van der Waals surface area (Å²) in [7, 11) is -7.72. The molecule has 30 heavy (non-hydrogen) atoms. The number of nitrogens with zero attached hydrogens (tertiary/aromatic N) is 1. The molecular formula is C19H23N3O6S2. The topological polar surface area (TPSA) is 150 Å². The fraction of sp³-hybridized carbons (Fsp3) is 0.316. The number of anilines is 1. The fourth-order valence-corrected chi connectivity index (χ4v) is 4.28. The summed E-state index contributed by atoms with van der Waals surface area (Å²) in [5.74, 6) is -0.130. The van der Waals surface area contributed by atoms with E-state index in [-0.39, 0.29) is 27.2 Å². The smallest absolute Gasteiger partial charge is 0.258 e. The first-order chi connectivity index (χ1) is 14.1. The average molecular weight is 454 g/mol. The highest BCUT2D eigenvalue weighted by Crippen LogP contribution is 2.25. The number of primary sulfonamides is 2. The number of sulfonamides is 2. The number of amides is 1. The van der Waals surface area contributed by atoms with E-state index in [1.807, 2.05) is 0 Å². The lowest BCUT2D eigenvalue weighted by Crippen LogP contribution is -2.37. The molecule has 9 nitrogen and oxygen atoms in total. The van der Waals surface area contributed by atoms with E-state index < -0.39 is 20.0 Å². The Bertz CT molecular complexity index is 1110. The monoisotopic (exact) mass is 453 g/mol. The lowest BCUT2D eigenvalue weighted by atomic mass is 9.99. The maximum Gasteiger partial charge on any atom is 0.258 e. The summed E-state index contributed by atoms with van der Waals surface area (Å²) in [5.41, 5.74) is 0.791. The van der Waals surface area contributed by atoms with Crippen molar-refractivity contribution in [2.75, 3.05) is 24.7 Å². The SMILES string of the molecule is NS(=O)(=O)c1ccc(C(=O)N(CC2CCOCC2)c2ccc(S(N)(=O)=O)cc2)cc1. The number of hydrogen-bond acceptors (Lipinski definition) is 6. The summed E-state index contributed by atoms with van der Waals surface area (Å²) in [4.78, 5) is 14.6. The Morgan fingerprint density at radius 2 is 1.33 bits per heavy atom. The van der Waals surface area contributed by atoms with Crippen molar-refractivity contribution in [2.24, 2.45) is 16.2 Å². The van der Waals surface area contributed by atoms with E-state index in [0.717, 1.165) is 12.8 Å². The van der Waals surface area contributed by atoms with Crippen molar-refractivity contribution in [3.63, 3.8) is 0 Å². The molecule has 1 heterocycles. The van der Waals surface area contributed by atoms with Gasteiger partial charge in [0, 0.05) is 31.0 Å². The van der Waals surface area contributed by atoms with E-state index in [1.165, 1.54) is 48.5 Å². The molecule has 3 rings (SSSR count). The van der Waals surface area contributed by atoms with Crippen LogP contribution in [0.1, 0.15) is 23.2 Å². The molecule has 0 aliphatic carbocycles. The minimum Gasteiger partial charge on any atom is -0.381 e. The maximum atomic E-state index is 13.2. The predicted molar refractivity (Wildman–Crippen MR) is 111 cm³/mol. The molecule has 1 saturated heterocycles. The zero-order chi connectivity index (χ0) is 21.9. The third-order valence-electron chi connectivity index (χ3n) is 4.93. The van der Waals surface area contributed by atoms with Crippen molar-refractivity contribution in [3.05, 3.63) is 54.1 Å². The zero-order valence-electron chi connectivity index (χ0n) is 16.1. The molecule has 11 heteroatoms. The summed E-state index contributed by atoms with van der Waals surface area (Å²) in [6.45, 7) is 1.63. The molecule has 1 fully saturated rings. The molecule has 0 unspecified atom stereocenters. The molecule has 0 saturated carbocycles. The molecule has 0 atom stereocenters. The van der Waals surface area contributed by atoms with Crippen molar-refractivity contribution in [2.45, 2.75) is 22.6 Å². The fourth-order valence-electron chi connectivity index (χ4n) is 3.25. The molecule has 162 valence electrons. The second kappa shape index (κ2) is 8.82. The van der Waals surface area contributed by atoms with Crippen LogP contribution in [0.3, 0.4) is 0 Å². The van der Waals surface area contributed by atoms with Gasteiger partial charge in [-0.05, 0) is 67.3 Å². The standard InChI is InChI=1S/C19H23N3O6S2/c20-29(24,25)17-5-1-15(2-6-17)19(23)22(13-14-9-11-28-12-10-14)16-3-7-18(8-4-16)30(21,26)27/h1-8,14H,9-13H2,(H2,20,24,25)(H2,21,26,27). The Hall–Kier alpha value is -2.31. The van der Waals surface area contributed by atoms with Gasteiger partial charge >= 0.3 is 0 Å². The highest BCUT2D eigenvalue weighted by molar-refractivity contribution is 7.89. The molecule has 1 aliphatic heterocycles. The van der Waals surface area contributed by atoms with Gasteiger partial charge in [0.25, 0.3) is 5.91 Å². The van der Waals surface area contributed by atoms with Crippen molar-refractivity contribution in [1.82, 2.24) is 0 Å². The molecular weight excluding hydrogens is 430 g/mol. The summed E-state index contributed by atoms with van der Waals surface area (Å²) in [5, 5.41) is 10.3. The second-order valence-corrected chi connectivity index (χ2v) is 10.2. The Kier molecular flexibility index (Phi) is 6.58. The summed E-state index contributed by atoms with van der Waals surface area (Å²) >= 11 is 0. The third-order valence-corrected chi connectivity index (χ3v) is 6.79. The van der Waals surface area contributed by atoms with Gasteiger partial charge in [0.05, 0.1) is 9.79 Å². The van der Waals surface area contributed by atoms with E-state index in [0.29, 0.717) is 25.4 Å². The average Bonchev–Trinajstić information content (AvgIpc) is 2.71. The van der Waals surface area contributed by atoms with Crippen molar-refractivity contribution >= 4 is 31.6 Å². The largest absolute Gasteiger partial charge is 0.381 e. The van der Waals surface area contributed by atoms with Crippen molar-refractivity contribution < 1.29 is 26.4 Å². The number of benzene rings is 2. The van der Waals surface area contributed by atoms with Gasteiger partial charge in [-0.1, -0.05) is 0 Å². The van der Waals surface area contributed by atoms with Gasteiger partial charge in [-0.3, -0.25) is 4.79 Å². The van der Waals surface area contributed by atoms with Crippen LogP contribution in [-0.2, 0) is 24.8 Å². The highest BCUT2D eigenvalue weighted by atomic mass is 32.2. The Labute approximate surface area is 175 Å². The normalized spacial score (nSPS) is 15.7.